The van der Waals surface area contributed by atoms with E-state index in [1.54, 1.807) is 18.6 Å². The number of aromatic nitrogens is 3. The van der Waals surface area contributed by atoms with Crippen LogP contribution in [0.3, 0.4) is 0 Å². The smallest absolute Gasteiger partial charge is 0.311 e. The van der Waals surface area contributed by atoms with Crippen LogP contribution >= 0.6 is 0 Å². The van der Waals surface area contributed by atoms with Gasteiger partial charge >= 0.3 is 5.69 Å². The van der Waals surface area contributed by atoms with Crippen molar-refractivity contribution in [2.45, 2.75) is 32.2 Å². The molecule has 0 radical (unpaired) electrons. The van der Waals surface area contributed by atoms with Crippen LogP contribution in [-0.2, 0) is 6.42 Å². The minimum absolute atomic E-state index is 0.0170. The molecular weight excluding hydrogens is 308 g/mol. The predicted octanol–water partition coefficient (Wildman–Crippen LogP) is 2.42. The molecule has 8 nitrogen and oxygen atoms in total. The van der Waals surface area contributed by atoms with Crippen molar-refractivity contribution in [1.29, 1.82) is 0 Å². The Labute approximate surface area is 140 Å². The van der Waals surface area contributed by atoms with Crippen LogP contribution in [0.25, 0.3) is 0 Å². The number of anilines is 2. The fraction of sp³-hybridized carbons (Fsp3) is 0.438. The summed E-state index contributed by atoms with van der Waals surface area (Å²) < 4.78 is 0. The maximum absolute atomic E-state index is 11.1. The maximum Gasteiger partial charge on any atom is 0.311 e. The van der Waals surface area contributed by atoms with Gasteiger partial charge in [0.25, 0.3) is 0 Å². The van der Waals surface area contributed by atoms with E-state index in [0.29, 0.717) is 5.82 Å². The van der Waals surface area contributed by atoms with Crippen molar-refractivity contribution >= 4 is 17.3 Å². The monoisotopic (exact) mass is 328 g/mol. The highest BCUT2D eigenvalue weighted by atomic mass is 16.6. The molecule has 3 heterocycles. The second-order valence-corrected chi connectivity index (χ2v) is 5.76. The molecule has 0 aliphatic carbocycles. The molecule has 0 bridgehead atoms. The number of nitro groups is 1. The molecule has 8 heteroatoms. The summed E-state index contributed by atoms with van der Waals surface area (Å²) >= 11 is 0. The van der Waals surface area contributed by atoms with E-state index in [2.05, 4.69) is 32.1 Å². The van der Waals surface area contributed by atoms with E-state index in [9.17, 15) is 10.1 Å². The number of nitrogens with one attached hydrogen (secondary N) is 1. The number of pyridine rings is 1. The zero-order valence-electron chi connectivity index (χ0n) is 13.6. The summed E-state index contributed by atoms with van der Waals surface area (Å²) in [5.41, 5.74) is 1.05. The Hall–Kier alpha value is -2.77. The summed E-state index contributed by atoms with van der Waals surface area (Å²) in [4.78, 5) is 25.6. The van der Waals surface area contributed by atoms with Gasteiger partial charge in [-0.15, -0.1) is 0 Å². The summed E-state index contributed by atoms with van der Waals surface area (Å²) in [6, 6.07) is 5.24. The molecule has 1 N–H and O–H groups in total. The first-order chi connectivity index (χ1) is 11.7. The van der Waals surface area contributed by atoms with Gasteiger partial charge in [0.15, 0.2) is 0 Å². The van der Waals surface area contributed by atoms with Crippen LogP contribution in [0.5, 0.6) is 0 Å². The van der Waals surface area contributed by atoms with Crippen molar-refractivity contribution in [3.63, 3.8) is 0 Å². The molecule has 0 saturated carbocycles. The van der Waals surface area contributed by atoms with Crippen LogP contribution in [0.15, 0.2) is 30.7 Å². The summed E-state index contributed by atoms with van der Waals surface area (Å²) in [7, 11) is 0. The van der Waals surface area contributed by atoms with E-state index in [1.165, 1.54) is 6.07 Å². The highest BCUT2D eigenvalue weighted by molar-refractivity contribution is 5.55. The first-order valence-electron chi connectivity index (χ1n) is 8.09. The predicted molar refractivity (Wildman–Crippen MR) is 91.2 cm³/mol. The normalized spacial score (nSPS) is 15.3. The van der Waals surface area contributed by atoms with E-state index in [0.717, 1.165) is 43.9 Å². The molecule has 0 spiro atoms. The van der Waals surface area contributed by atoms with Gasteiger partial charge in [0.2, 0.25) is 5.82 Å². The van der Waals surface area contributed by atoms with Gasteiger partial charge < -0.3 is 10.2 Å². The highest BCUT2D eigenvalue weighted by Gasteiger charge is 2.23. The van der Waals surface area contributed by atoms with E-state index in [4.69, 9.17) is 0 Å². The molecule has 1 aliphatic rings. The fourth-order valence-electron chi connectivity index (χ4n) is 2.85. The zero-order valence-corrected chi connectivity index (χ0v) is 13.6. The summed E-state index contributed by atoms with van der Waals surface area (Å²) in [6.07, 6.45) is 5.81. The Kier molecular flexibility index (Phi) is 4.83. The number of aryl methyl sites for hydroxylation is 1. The summed E-state index contributed by atoms with van der Waals surface area (Å²) in [5.74, 6) is 1.29. The Morgan fingerprint density at radius 2 is 2.12 bits per heavy atom. The first kappa shape index (κ1) is 16.1. The number of rotatable bonds is 5. The first-order valence-corrected chi connectivity index (χ1v) is 8.09. The largest absolute Gasteiger partial charge is 0.361 e. The second-order valence-electron chi connectivity index (χ2n) is 5.76. The Morgan fingerprint density at radius 1 is 1.33 bits per heavy atom. The van der Waals surface area contributed by atoms with Crippen LogP contribution in [0, 0.1) is 10.1 Å². The number of hydrogen-bond donors (Lipinski definition) is 1. The van der Waals surface area contributed by atoms with Crippen LogP contribution in [0.2, 0.25) is 0 Å². The lowest BCUT2D eigenvalue weighted by molar-refractivity contribution is -0.384. The quantitative estimate of drug-likeness (QED) is 0.665. The molecule has 2 aromatic heterocycles. The molecule has 0 aromatic carbocycles. The van der Waals surface area contributed by atoms with E-state index in [1.807, 2.05) is 6.07 Å². The van der Waals surface area contributed by atoms with E-state index in [-0.39, 0.29) is 11.7 Å². The molecule has 0 atom stereocenters. The third kappa shape index (κ3) is 3.58. The molecule has 24 heavy (non-hydrogen) atoms. The lowest BCUT2D eigenvalue weighted by Gasteiger charge is -2.33. The van der Waals surface area contributed by atoms with Crippen molar-refractivity contribution in [2.75, 3.05) is 23.3 Å². The Bertz CT molecular complexity index is 715. The third-order valence-corrected chi connectivity index (χ3v) is 4.21. The average molecular weight is 328 g/mol. The van der Waals surface area contributed by atoms with Crippen molar-refractivity contribution in [3.8, 4) is 0 Å². The molecule has 3 rings (SSSR count). The van der Waals surface area contributed by atoms with Crippen molar-refractivity contribution in [2.24, 2.45) is 0 Å². The zero-order chi connectivity index (χ0) is 16.9. The van der Waals surface area contributed by atoms with E-state index < -0.39 is 4.92 Å². The Balaban J connectivity index is 1.62. The molecule has 0 amide bonds. The fourth-order valence-corrected chi connectivity index (χ4v) is 2.85. The van der Waals surface area contributed by atoms with Gasteiger partial charge in [0, 0.05) is 43.2 Å². The maximum atomic E-state index is 11.1. The minimum Gasteiger partial charge on any atom is -0.361 e. The Morgan fingerprint density at radius 3 is 2.83 bits per heavy atom. The summed E-state index contributed by atoms with van der Waals surface area (Å²) in [6.45, 7) is 3.76. The van der Waals surface area contributed by atoms with Gasteiger partial charge in [-0.1, -0.05) is 6.92 Å². The molecular formula is C16H20N6O2. The average Bonchev–Trinajstić information content (AvgIpc) is 2.62. The van der Waals surface area contributed by atoms with Gasteiger partial charge in [0.05, 0.1) is 4.92 Å². The van der Waals surface area contributed by atoms with Crippen molar-refractivity contribution in [3.05, 3.63) is 46.5 Å². The van der Waals surface area contributed by atoms with Crippen molar-refractivity contribution in [1.82, 2.24) is 15.0 Å². The van der Waals surface area contributed by atoms with Crippen molar-refractivity contribution < 1.29 is 4.92 Å². The van der Waals surface area contributed by atoms with Crippen LogP contribution in [-0.4, -0.2) is 39.0 Å². The van der Waals surface area contributed by atoms with Gasteiger partial charge in [0.1, 0.15) is 12.1 Å². The molecule has 1 aliphatic heterocycles. The lowest BCUT2D eigenvalue weighted by Crippen LogP contribution is -2.39. The highest BCUT2D eigenvalue weighted by Crippen LogP contribution is 2.25. The molecule has 0 unspecified atom stereocenters. The minimum atomic E-state index is -0.405. The topological polar surface area (TPSA) is 97.1 Å². The van der Waals surface area contributed by atoms with Crippen LogP contribution in [0.1, 0.15) is 25.5 Å². The molecule has 126 valence electrons. The van der Waals surface area contributed by atoms with E-state index >= 15 is 0 Å². The van der Waals surface area contributed by atoms with Gasteiger partial charge in [-0.2, -0.15) is 0 Å². The standard InChI is InChI=1S/C16H20N6O2/c1-2-12-10-15(19-11-18-12)21-8-5-13(6-9-21)20-16-14(22(23)24)4-3-7-17-16/h3-4,7,10-11,13H,2,5-6,8-9H2,1H3,(H,17,20). The molecule has 1 fully saturated rings. The summed E-state index contributed by atoms with van der Waals surface area (Å²) in [5, 5.41) is 14.3. The van der Waals surface area contributed by atoms with Crippen LogP contribution < -0.4 is 10.2 Å². The SMILES string of the molecule is CCc1cc(N2CCC(Nc3ncccc3[N+](=O)[O-])CC2)ncn1. The van der Waals surface area contributed by atoms with Gasteiger partial charge in [-0.25, -0.2) is 15.0 Å². The third-order valence-electron chi connectivity index (χ3n) is 4.21. The van der Waals surface area contributed by atoms with Gasteiger partial charge in [-0.05, 0) is 25.3 Å². The number of nitrogens with zero attached hydrogens (tertiary/aromatic N) is 5. The number of hydrogen-bond acceptors (Lipinski definition) is 7. The van der Waals surface area contributed by atoms with Crippen LogP contribution in [0.4, 0.5) is 17.3 Å². The second kappa shape index (κ2) is 7.20. The molecule has 2 aromatic rings. The lowest BCUT2D eigenvalue weighted by atomic mass is 10.0. The number of piperidine rings is 1. The molecule has 1 saturated heterocycles. The van der Waals surface area contributed by atoms with Gasteiger partial charge in [-0.3, -0.25) is 10.1 Å².